The van der Waals surface area contributed by atoms with Gasteiger partial charge in [0.1, 0.15) is 11.5 Å². The van der Waals surface area contributed by atoms with Gasteiger partial charge < -0.3 is 9.47 Å². The van der Waals surface area contributed by atoms with Crippen LogP contribution in [0, 0.1) is 0 Å². The first-order valence-corrected chi connectivity index (χ1v) is 11.0. The molecule has 0 fully saturated rings. The summed E-state index contributed by atoms with van der Waals surface area (Å²) in [5.74, 6) is 1.79. The normalized spacial score (nSPS) is 11.4. The molecule has 0 aliphatic heterocycles. The summed E-state index contributed by atoms with van der Waals surface area (Å²) in [5.41, 5.74) is 2.13. The Morgan fingerprint density at radius 1 is 1.03 bits per heavy atom. The molecule has 0 aliphatic carbocycles. The predicted octanol–water partition coefficient (Wildman–Crippen LogP) is 3.40. The van der Waals surface area contributed by atoms with Crippen molar-refractivity contribution in [1.82, 2.24) is 23.1 Å². The number of aryl methyl sites for hydroxylation is 1. The lowest BCUT2D eigenvalue weighted by Crippen LogP contribution is -2.37. The van der Waals surface area contributed by atoms with Gasteiger partial charge in [-0.25, -0.2) is 4.79 Å². The fraction of sp³-hybridized carbons (Fsp3) is 0.208. The third-order valence-corrected chi connectivity index (χ3v) is 6.11. The molecule has 0 saturated heterocycles. The number of rotatable bonds is 5. The summed E-state index contributed by atoms with van der Waals surface area (Å²) >= 11 is 6.42. The maximum atomic E-state index is 13.0. The van der Waals surface area contributed by atoms with Crippen LogP contribution >= 0.6 is 11.6 Å². The smallest absolute Gasteiger partial charge is 0.332 e. The van der Waals surface area contributed by atoms with Crippen LogP contribution in [0.1, 0.15) is 6.92 Å². The number of hydrogen-bond donors (Lipinski definition) is 0. The number of nitrogens with zero attached hydrogens (tertiary/aromatic N) is 5. The van der Waals surface area contributed by atoms with E-state index in [2.05, 4.69) is 0 Å². The van der Waals surface area contributed by atoms with Crippen LogP contribution in [0.3, 0.4) is 0 Å². The maximum absolute atomic E-state index is 13.0. The van der Waals surface area contributed by atoms with Crippen LogP contribution in [0.25, 0.3) is 33.9 Å². The molecule has 34 heavy (non-hydrogen) atoms. The zero-order chi connectivity index (χ0) is 24.1. The van der Waals surface area contributed by atoms with Crippen LogP contribution in [0.2, 0.25) is 5.02 Å². The summed E-state index contributed by atoms with van der Waals surface area (Å²) in [6, 6.07) is 13.1. The number of ether oxygens (including phenoxy) is 2. The van der Waals surface area contributed by atoms with Crippen molar-refractivity contribution in [3.63, 3.8) is 0 Å². The van der Waals surface area contributed by atoms with Crippen LogP contribution < -0.4 is 20.7 Å². The van der Waals surface area contributed by atoms with Crippen molar-refractivity contribution in [3.05, 3.63) is 74.5 Å². The van der Waals surface area contributed by atoms with Crippen LogP contribution in [0.15, 0.2) is 58.3 Å². The minimum absolute atomic E-state index is 0.307. The highest BCUT2D eigenvalue weighted by molar-refractivity contribution is 6.32. The second kappa shape index (κ2) is 8.11. The Hall–Kier alpha value is -3.98. The fourth-order valence-corrected chi connectivity index (χ4v) is 4.37. The molecular weight excluding hydrogens is 458 g/mol. The van der Waals surface area contributed by atoms with Crippen molar-refractivity contribution in [3.8, 4) is 28.4 Å². The molecule has 2 aromatic carbocycles. The third kappa shape index (κ3) is 3.19. The Morgan fingerprint density at radius 3 is 2.41 bits per heavy atom. The zero-order valence-corrected chi connectivity index (χ0v) is 19.8. The number of imidazole rings is 2. The molecular formula is C24H22ClN5O4. The molecule has 3 aromatic heterocycles. The molecule has 0 atom stereocenters. The van der Waals surface area contributed by atoms with Crippen molar-refractivity contribution in [1.29, 1.82) is 0 Å². The first kappa shape index (κ1) is 21.8. The lowest BCUT2D eigenvalue weighted by Gasteiger charge is -2.11. The number of hydrogen-bond acceptors (Lipinski definition) is 5. The van der Waals surface area contributed by atoms with Gasteiger partial charge in [-0.3, -0.25) is 22.9 Å². The molecule has 0 aliphatic rings. The van der Waals surface area contributed by atoms with Crippen LogP contribution in [0.4, 0.5) is 0 Å². The van der Waals surface area contributed by atoms with E-state index in [1.54, 1.807) is 30.7 Å². The van der Waals surface area contributed by atoms with E-state index >= 15 is 0 Å². The van der Waals surface area contributed by atoms with Crippen molar-refractivity contribution in [2.75, 3.05) is 13.7 Å². The minimum atomic E-state index is -0.437. The summed E-state index contributed by atoms with van der Waals surface area (Å²) in [5, 5.41) is 0.459. The lowest BCUT2D eigenvalue weighted by atomic mass is 10.1. The van der Waals surface area contributed by atoms with E-state index in [4.69, 9.17) is 26.1 Å². The summed E-state index contributed by atoms with van der Waals surface area (Å²) in [6.45, 7) is 2.49. The Bertz CT molecular complexity index is 1670. The lowest BCUT2D eigenvalue weighted by molar-refractivity contribution is 0.340. The highest BCUT2D eigenvalue weighted by Gasteiger charge is 2.22. The molecule has 0 radical (unpaired) electrons. The Labute approximate surface area is 199 Å². The molecule has 3 heterocycles. The Kier molecular flexibility index (Phi) is 5.21. The molecule has 0 N–H and O–H groups in total. The Morgan fingerprint density at radius 2 is 1.76 bits per heavy atom. The van der Waals surface area contributed by atoms with Crippen molar-refractivity contribution in [2.24, 2.45) is 14.1 Å². The highest BCUT2D eigenvalue weighted by atomic mass is 35.5. The highest BCUT2D eigenvalue weighted by Crippen LogP contribution is 2.34. The molecule has 0 unspecified atom stereocenters. The molecule has 0 saturated carbocycles. The molecule has 10 heteroatoms. The number of aromatic nitrogens is 5. The van der Waals surface area contributed by atoms with E-state index in [0.717, 1.165) is 27.3 Å². The van der Waals surface area contributed by atoms with E-state index in [9.17, 15) is 9.59 Å². The fourth-order valence-electron chi connectivity index (χ4n) is 4.11. The molecule has 0 spiro atoms. The quantitative estimate of drug-likeness (QED) is 0.386. The first-order chi connectivity index (χ1) is 16.3. The van der Waals surface area contributed by atoms with Crippen LogP contribution in [-0.2, 0) is 14.1 Å². The first-order valence-electron chi connectivity index (χ1n) is 10.6. The van der Waals surface area contributed by atoms with Gasteiger partial charge in [0.2, 0.25) is 5.78 Å². The second-order valence-corrected chi connectivity index (χ2v) is 8.19. The molecule has 0 bridgehead atoms. The largest absolute Gasteiger partial charge is 0.495 e. The summed E-state index contributed by atoms with van der Waals surface area (Å²) in [4.78, 5) is 30.2. The number of methoxy groups -OCH3 is 1. The average Bonchev–Trinajstić information content (AvgIpc) is 3.38. The van der Waals surface area contributed by atoms with Gasteiger partial charge in [-0.05, 0) is 49.4 Å². The summed E-state index contributed by atoms with van der Waals surface area (Å²) in [6.07, 6.45) is 1.82. The SMILES string of the molecule is CCOc1ccc(-n2c(-c3ccc(OC)c(Cl)c3)cn3c4c(=O)n(C)c(=O)n(C)c4nc23)cc1. The van der Waals surface area contributed by atoms with Gasteiger partial charge in [0.25, 0.3) is 5.56 Å². The van der Waals surface area contributed by atoms with Crippen molar-refractivity contribution in [2.45, 2.75) is 6.92 Å². The van der Waals surface area contributed by atoms with Gasteiger partial charge in [0.15, 0.2) is 11.2 Å². The van der Waals surface area contributed by atoms with E-state index < -0.39 is 11.2 Å². The maximum Gasteiger partial charge on any atom is 0.332 e. The monoisotopic (exact) mass is 479 g/mol. The standard InChI is InChI=1S/C24H22ClN5O4/c1-5-34-16-9-7-15(8-10-16)30-18(14-6-11-19(33-4)17(25)12-14)13-29-20-21(26-23(29)30)27(2)24(32)28(3)22(20)31/h6-13H,5H2,1-4H3. The van der Waals surface area contributed by atoms with Gasteiger partial charge in [-0.1, -0.05) is 11.6 Å². The van der Waals surface area contributed by atoms with E-state index in [-0.39, 0.29) is 0 Å². The number of fused-ring (bicyclic) bond motifs is 3. The van der Waals surface area contributed by atoms with Gasteiger partial charge in [0.05, 0.1) is 24.4 Å². The van der Waals surface area contributed by atoms with Gasteiger partial charge in [-0.15, -0.1) is 0 Å². The predicted molar refractivity (Wildman–Crippen MR) is 131 cm³/mol. The Balaban J connectivity index is 1.87. The second-order valence-electron chi connectivity index (χ2n) is 7.79. The van der Waals surface area contributed by atoms with E-state index in [0.29, 0.717) is 34.3 Å². The van der Waals surface area contributed by atoms with Gasteiger partial charge in [0, 0.05) is 31.5 Å². The van der Waals surface area contributed by atoms with E-state index in [1.165, 1.54) is 11.6 Å². The minimum Gasteiger partial charge on any atom is -0.495 e. The van der Waals surface area contributed by atoms with Crippen molar-refractivity contribution < 1.29 is 9.47 Å². The number of benzene rings is 2. The average molecular weight is 480 g/mol. The van der Waals surface area contributed by atoms with E-state index in [1.807, 2.05) is 48.0 Å². The van der Waals surface area contributed by atoms with Crippen molar-refractivity contribution >= 4 is 28.5 Å². The summed E-state index contributed by atoms with van der Waals surface area (Å²) in [7, 11) is 4.61. The van der Waals surface area contributed by atoms with Gasteiger partial charge >= 0.3 is 5.69 Å². The molecule has 5 rings (SSSR count). The van der Waals surface area contributed by atoms with Crippen LogP contribution in [0.5, 0.6) is 11.5 Å². The molecule has 9 nitrogen and oxygen atoms in total. The molecule has 0 amide bonds. The van der Waals surface area contributed by atoms with Crippen LogP contribution in [-0.4, -0.2) is 36.8 Å². The molecule has 174 valence electrons. The topological polar surface area (TPSA) is 84.7 Å². The third-order valence-electron chi connectivity index (χ3n) is 5.82. The summed E-state index contributed by atoms with van der Waals surface area (Å²) < 4.78 is 17.0. The molecule has 5 aromatic rings. The van der Waals surface area contributed by atoms with Gasteiger partial charge in [-0.2, -0.15) is 4.98 Å². The number of halogens is 1. The zero-order valence-electron chi connectivity index (χ0n) is 19.1.